The van der Waals surface area contributed by atoms with Crippen molar-refractivity contribution in [1.82, 2.24) is 44.7 Å². The van der Waals surface area contributed by atoms with Gasteiger partial charge in [0.25, 0.3) is 5.91 Å². The molecule has 0 radical (unpaired) electrons. The minimum atomic E-state index is -0.603. The quantitative estimate of drug-likeness (QED) is 0.289. The maximum atomic E-state index is 16.1. The molecular weight excluding hydrogens is 511 g/mol. The summed E-state index contributed by atoms with van der Waals surface area (Å²) in [6, 6.07) is 12.2. The Morgan fingerprint density at radius 1 is 1.02 bits per heavy atom. The fourth-order valence-corrected chi connectivity index (χ4v) is 4.55. The van der Waals surface area contributed by atoms with Gasteiger partial charge in [0.1, 0.15) is 16.9 Å². The van der Waals surface area contributed by atoms with Gasteiger partial charge in [-0.25, -0.2) is 19.3 Å². The van der Waals surface area contributed by atoms with Gasteiger partial charge in [-0.2, -0.15) is 5.10 Å². The van der Waals surface area contributed by atoms with Gasteiger partial charge in [-0.3, -0.25) is 19.9 Å². The summed E-state index contributed by atoms with van der Waals surface area (Å²) >= 11 is 0. The van der Waals surface area contributed by atoms with Crippen molar-refractivity contribution in [2.45, 2.75) is 6.92 Å². The lowest BCUT2D eigenvalue weighted by molar-refractivity contribution is 0.102. The lowest BCUT2D eigenvalue weighted by Gasteiger charge is -2.08. The van der Waals surface area contributed by atoms with Crippen LogP contribution in [-0.2, 0) is 0 Å². The molecule has 6 heterocycles. The summed E-state index contributed by atoms with van der Waals surface area (Å²) in [5.74, 6) is -0.561. The van der Waals surface area contributed by atoms with E-state index < -0.39 is 5.82 Å². The highest BCUT2D eigenvalue weighted by molar-refractivity contribution is 6.04. The molecule has 11 nitrogen and oxygen atoms in total. The number of carbonyl (C=O) groups is 1. The second-order valence-corrected chi connectivity index (χ2v) is 9.10. The lowest BCUT2D eigenvalue weighted by atomic mass is 10.1. The van der Waals surface area contributed by atoms with Crippen molar-refractivity contribution in [3.8, 4) is 28.5 Å². The molecule has 40 heavy (non-hydrogen) atoms. The zero-order valence-electron chi connectivity index (χ0n) is 20.9. The molecule has 6 aromatic heterocycles. The van der Waals surface area contributed by atoms with Gasteiger partial charge in [0.05, 0.1) is 46.7 Å². The van der Waals surface area contributed by atoms with Crippen LogP contribution in [0.3, 0.4) is 0 Å². The van der Waals surface area contributed by atoms with Crippen molar-refractivity contribution in [2.24, 2.45) is 0 Å². The Bertz CT molecular complexity index is 2040. The van der Waals surface area contributed by atoms with Crippen LogP contribution < -0.4 is 5.32 Å². The van der Waals surface area contributed by atoms with Gasteiger partial charge < -0.3 is 14.9 Å². The fourth-order valence-electron chi connectivity index (χ4n) is 4.55. The molecular formula is C28H19FN10O. The van der Waals surface area contributed by atoms with E-state index in [1.165, 1.54) is 18.6 Å². The average molecular weight is 531 g/mol. The van der Waals surface area contributed by atoms with E-state index in [-0.39, 0.29) is 22.7 Å². The van der Waals surface area contributed by atoms with Crippen molar-refractivity contribution >= 4 is 33.7 Å². The molecule has 0 saturated carbocycles. The molecule has 0 atom stereocenters. The Balaban J connectivity index is 1.28. The number of H-pyrrole nitrogens is 2. The molecule has 0 unspecified atom stereocenters. The Morgan fingerprint density at radius 3 is 2.73 bits per heavy atom. The molecule has 0 bridgehead atoms. The van der Waals surface area contributed by atoms with Crippen LogP contribution in [0.5, 0.6) is 0 Å². The lowest BCUT2D eigenvalue weighted by Crippen LogP contribution is -2.11. The summed E-state index contributed by atoms with van der Waals surface area (Å²) in [5, 5.41) is 10.2. The molecule has 0 fully saturated rings. The second kappa shape index (κ2) is 9.20. The number of rotatable bonds is 5. The van der Waals surface area contributed by atoms with Crippen LogP contribution in [0, 0.1) is 12.7 Å². The second-order valence-electron chi connectivity index (χ2n) is 9.10. The van der Waals surface area contributed by atoms with Crippen molar-refractivity contribution in [3.63, 3.8) is 0 Å². The van der Waals surface area contributed by atoms with E-state index in [0.29, 0.717) is 39.3 Å². The predicted molar refractivity (Wildman–Crippen MR) is 146 cm³/mol. The van der Waals surface area contributed by atoms with Gasteiger partial charge in [0.2, 0.25) is 0 Å². The average Bonchev–Trinajstić information content (AvgIpc) is 3.72. The number of aromatic nitrogens is 9. The van der Waals surface area contributed by atoms with E-state index in [4.69, 9.17) is 4.98 Å². The molecule has 3 N–H and O–H groups in total. The number of halogens is 1. The first-order chi connectivity index (χ1) is 19.5. The van der Waals surface area contributed by atoms with Gasteiger partial charge >= 0.3 is 0 Å². The number of imidazole rings is 2. The zero-order chi connectivity index (χ0) is 27.2. The molecule has 194 valence electrons. The number of nitrogens with one attached hydrogen (secondary N) is 3. The highest BCUT2D eigenvalue weighted by Gasteiger charge is 2.22. The zero-order valence-corrected chi connectivity index (χ0v) is 20.9. The smallest absolute Gasteiger partial charge is 0.255 e. The summed E-state index contributed by atoms with van der Waals surface area (Å²) in [6.07, 6.45) is 9.72. The molecule has 1 amide bonds. The molecule has 7 aromatic rings. The monoisotopic (exact) mass is 530 g/mol. The third-order valence-corrected chi connectivity index (χ3v) is 6.43. The number of aryl methyl sites for hydroxylation is 1. The van der Waals surface area contributed by atoms with Crippen LogP contribution >= 0.6 is 0 Å². The first-order valence-electron chi connectivity index (χ1n) is 12.3. The number of carbonyl (C=O) groups excluding carboxylic acids is 1. The SMILES string of the molecule is Cc1cn(-c2ccnc3[nH]c(-c4n[nH]c5cnc(-c6cncc(NC(=O)c7ccccc7)c6)c(F)c45)nc23)cn1. The molecule has 0 aliphatic carbocycles. The summed E-state index contributed by atoms with van der Waals surface area (Å²) in [4.78, 5) is 37.6. The summed E-state index contributed by atoms with van der Waals surface area (Å²) in [6.45, 7) is 1.90. The summed E-state index contributed by atoms with van der Waals surface area (Å²) in [5.41, 5.74) is 4.78. The van der Waals surface area contributed by atoms with Crippen LogP contribution in [0.4, 0.5) is 10.1 Å². The number of anilines is 1. The van der Waals surface area contributed by atoms with Gasteiger partial charge in [-0.15, -0.1) is 0 Å². The molecule has 0 aliphatic heterocycles. The van der Waals surface area contributed by atoms with Gasteiger partial charge in [0.15, 0.2) is 17.3 Å². The van der Waals surface area contributed by atoms with Crippen LogP contribution in [0.15, 0.2) is 79.8 Å². The van der Waals surface area contributed by atoms with E-state index >= 15 is 4.39 Å². The first kappa shape index (κ1) is 23.3. The van der Waals surface area contributed by atoms with Crippen LogP contribution in [0.1, 0.15) is 16.1 Å². The fraction of sp³-hybridized carbons (Fsp3) is 0.0357. The van der Waals surface area contributed by atoms with Crippen LogP contribution in [0.2, 0.25) is 0 Å². The minimum absolute atomic E-state index is 0.0577. The first-order valence-corrected chi connectivity index (χ1v) is 12.3. The van der Waals surface area contributed by atoms with E-state index in [0.717, 1.165) is 11.4 Å². The number of pyridine rings is 3. The topological polar surface area (TPSA) is 143 Å². The standard InChI is InChI=1S/C28H19FN10O/c1-15-13-39(14-33-15)20-7-8-31-26-24(20)35-27(36-26)25-21-19(37-38-25)12-32-23(22(21)29)17-9-18(11-30-10-17)34-28(40)16-5-3-2-4-6-16/h2-14H,1H3,(H,34,40)(H,37,38)(H,31,35,36). The van der Waals surface area contributed by atoms with Gasteiger partial charge in [-0.05, 0) is 31.2 Å². The Kier molecular flexibility index (Phi) is 5.37. The number of benzene rings is 1. The number of aromatic amines is 2. The molecule has 0 spiro atoms. The highest BCUT2D eigenvalue weighted by Crippen LogP contribution is 2.33. The normalized spacial score (nSPS) is 11.3. The molecule has 7 rings (SSSR count). The van der Waals surface area contributed by atoms with E-state index in [1.807, 2.05) is 29.8 Å². The van der Waals surface area contributed by atoms with E-state index in [2.05, 4.69) is 40.4 Å². The third-order valence-electron chi connectivity index (χ3n) is 6.43. The number of hydrogen-bond donors (Lipinski definition) is 3. The third kappa shape index (κ3) is 3.95. The molecule has 0 aliphatic rings. The number of hydrogen-bond acceptors (Lipinski definition) is 7. The van der Waals surface area contributed by atoms with Crippen molar-refractivity contribution < 1.29 is 9.18 Å². The van der Waals surface area contributed by atoms with E-state index in [9.17, 15) is 4.79 Å². The summed E-state index contributed by atoms with van der Waals surface area (Å²) in [7, 11) is 0. The van der Waals surface area contributed by atoms with Crippen LogP contribution in [0.25, 0.3) is 50.5 Å². The van der Waals surface area contributed by atoms with Crippen LogP contribution in [-0.4, -0.2) is 50.6 Å². The molecule has 1 aromatic carbocycles. The van der Waals surface area contributed by atoms with Crippen molar-refractivity contribution in [1.29, 1.82) is 0 Å². The Morgan fingerprint density at radius 2 is 1.90 bits per heavy atom. The molecule has 0 saturated heterocycles. The highest BCUT2D eigenvalue weighted by atomic mass is 19.1. The summed E-state index contributed by atoms with van der Waals surface area (Å²) < 4.78 is 17.9. The van der Waals surface area contributed by atoms with Gasteiger partial charge in [-0.1, -0.05) is 18.2 Å². The largest absolute Gasteiger partial charge is 0.321 e. The molecule has 12 heteroatoms. The van der Waals surface area contributed by atoms with Gasteiger partial charge in [0, 0.05) is 29.7 Å². The number of amides is 1. The predicted octanol–water partition coefficient (Wildman–Crippen LogP) is 4.84. The maximum Gasteiger partial charge on any atom is 0.255 e. The van der Waals surface area contributed by atoms with Crippen molar-refractivity contribution in [3.05, 3.63) is 96.9 Å². The number of fused-ring (bicyclic) bond motifs is 2. The van der Waals surface area contributed by atoms with Crippen molar-refractivity contribution in [2.75, 3.05) is 5.32 Å². The van der Waals surface area contributed by atoms with E-state index in [1.54, 1.807) is 42.9 Å². The maximum absolute atomic E-state index is 16.1. The number of nitrogens with zero attached hydrogens (tertiary/aromatic N) is 7. The Labute approximate surface area is 225 Å². The Hall–Kier alpha value is -5.78. The minimum Gasteiger partial charge on any atom is -0.321 e.